The zero-order chi connectivity index (χ0) is 19.7. The van der Waals surface area contributed by atoms with Gasteiger partial charge in [0.05, 0.1) is 15.8 Å². The normalized spacial score (nSPS) is 16.1. The minimum Gasteiger partial charge on any atom is -0.353 e. The lowest BCUT2D eigenvalue weighted by Crippen LogP contribution is -2.41. The topological polar surface area (TPSA) is 67.2 Å². The third-order valence-corrected chi connectivity index (χ3v) is 6.79. The van der Waals surface area contributed by atoms with Crippen molar-refractivity contribution in [1.29, 1.82) is 0 Å². The van der Waals surface area contributed by atoms with E-state index < -0.39 is 6.04 Å². The van der Waals surface area contributed by atoms with Crippen LogP contribution in [0.15, 0.2) is 29.1 Å². The number of aryl methyl sites for hydroxylation is 1. The summed E-state index contributed by atoms with van der Waals surface area (Å²) in [6.07, 6.45) is 2.99. The molecule has 1 N–H and O–H groups in total. The van der Waals surface area contributed by atoms with Gasteiger partial charge in [-0.3, -0.25) is 9.59 Å². The van der Waals surface area contributed by atoms with Crippen molar-refractivity contribution in [3.63, 3.8) is 0 Å². The van der Waals surface area contributed by atoms with Gasteiger partial charge in [-0.05, 0) is 45.3 Å². The molecule has 0 aliphatic carbocycles. The minimum atomic E-state index is -0.590. The number of carbonyl (C=O) groups is 1. The SMILES string of the molecule is CCC(C(=O)NCCN1CCCC1)n1nc(C)c2sc3ccccc3c2c1=O. The number of hydrogen-bond donors (Lipinski definition) is 1. The van der Waals surface area contributed by atoms with E-state index in [1.165, 1.54) is 17.5 Å². The molecule has 0 bridgehead atoms. The van der Waals surface area contributed by atoms with Crippen molar-refractivity contribution in [1.82, 2.24) is 20.0 Å². The minimum absolute atomic E-state index is 0.130. The summed E-state index contributed by atoms with van der Waals surface area (Å²) < 4.78 is 3.37. The lowest BCUT2D eigenvalue weighted by atomic mass is 10.1. The van der Waals surface area contributed by atoms with Crippen molar-refractivity contribution in [3.05, 3.63) is 40.3 Å². The van der Waals surface area contributed by atoms with Crippen LogP contribution in [0.5, 0.6) is 0 Å². The van der Waals surface area contributed by atoms with Gasteiger partial charge in [-0.2, -0.15) is 5.10 Å². The Morgan fingerprint density at radius 3 is 2.79 bits per heavy atom. The number of hydrogen-bond acceptors (Lipinski definition) is 5. The number of rotatable bonds is 6. The first-order valence-corrected chi connectivity index (χ1v) is 10.8. The fourth-order valence-corrected chi connectivity index (χ4v) is 5.16. The van der Waals surface area contributed by atoms with E-state index in [1.54, 1.807) is 11.3 Å². The first-order valence-electron chi connectivity index (χ1n) is 10.0. The van der Waals surface area contributed by atoms with Gasteiger partial charge in [0.25, 0.3) is 5.56 Å². The summed E-state index contributed by atoms with van der Waals surface area (Å²) in [7, 11) is 0. The number of aromatic nitrogens is 2. The van der Waals surface area contributed by atoms with E-state index in [4.69, 9.17) is 0 Å². The van der Waals surface area contributed by atoms with E-state index in [1.807, 2.05) is 38.1 Å². The molecule has 1 atom stereocenters. The maximum absolute atomic E-state index is 13.3. The number of nitrogens with one attached hydrogen (secondary N) is 1. The Morgan fingerprint density at radius 2 is 2.04 bits per heavy atom. The molecule has 1 unspecified atom stereocenters. The summed E-state index contributed by atoms with van der Waals surface area (Å²) in [5, 5.41) is 9.14. The first kappa shape index (κ1) is 19.1. The van der Waals surface area contributed by atoms with Crippen LogP contribution in [0.25, 0.3) is 20.2 Å². The summed E-state index contributed by atoms with van der Waals surface area (Å²) in [6.45, 7) is 7.50. The van der Waals surface area contributed by atoms with Crippen LogP contribution in [0.1, 0.15) is 37.9 Å². The Labute approximate surface area is 168 Å². The van der Waals surface area contributed by atoms with Crippen LogP contribution in [0.3, 0.4) is 0 Å². The van der Waals surface area contributed by atoms with E-state index >= 15 is 0 Å². The Kier molecular flexibility index (Phi) is 5.46. The molecule has 1 amide bonds. The highest BCUT2D eigenvalue weighted by molar-refractivity contribution is 7.26. The summed E-state index contributed by atoms with van der Waals surface area (Å²) in [4.78, 5) is 28.4. The molecule has 0 saturated carbocycles. The molecule has 6 nitrogen and oxygen atoms in total. The van der Waals surface area contributed by atoms with E-state index in [0.29, 0.717) is 18.4 Å². The molecule has 1 aliphatic heterocycles. The van der Waals surface area contributed by atoms with E-state index in [-0.39, 0.29) is 11.5 Å². The first-order chi connectivity index (χ1) is 13.6. The van der Waals surface area contributed by atoms with Crippen molar-refractivity contribution in [3.8, 4) is 0 Å². The predicted molar refractivity (Wildman–Crippen MR) is 114 cm³/mol. The quantitative estimate of drug-likeness (QED) is 0.693. The van der Waals surface area contributed by atoms with Gasteiger partial charge >= 0.3 is 0 Å². The molecule has 3 heterocycles. The van der Waals surface area contributed by atoms with Crippen LogP contribution in [0, 0.1) is 6.92 Å². The van der Waals surface area contributed by atoms with E-state index in [2.05, 4.69) is 15.3 Å². The number of nitrogens with zero attached hydrogens (tertiary/aromatic N) is 3. The number of benzene rings is 1. The molecule has 148 valence electrons. The highest BCUT2D eigenvalue weighted by Gasteiger charge is 2.24. The Morgan fingerprint density at radius 1 is 1.29 bits per heavy atom. The zero-order valence-corrected chi connectivity index (χ0v) is 17.2. The third-order valence-electron chi connectivity index (χ3n) is 5.51. The Bertz CT molecular complexity index is 1070. The Hall–Kier alpha value is -2.25. The van der Waals surface area contributed by atoms with Crippen LogP contribution in [0.4, 0.5) is 0 Å². The van der Waals surface area contributed by atoms with Crippen LogP contribution in [-0.2, 0) is 4.79 Å². The highest BCUT2D eigenvalue weighted by Crippen LogP contribution is 2.33. The Balaban J connectivity index is 1.64. The zero-order valence-electron chi connectivity index (χ0n) is 16.4. The summed E-state index contributed by atoms with van der Waals surface area (Å²) in [6, 6.07) is 7.31. The molecule has 3 aromatic rings. The summed E-state index contributed by atoms with van der Waals surface area (Å²) in [5.74, 6) is -0.130. The monoisotopic (exact) mass is 398 g/mol. The molecule has 4 rings (SSSR count). The molecule has 1 fully saturated rings. The number of fused-ring (bicyclic) bond motifs is 3. The van der Waals surface area contributed by atoms with Crippen molar-refractivity contribution in [2.24, 2.45) is 0 Å². The van der Waals surface area contributed by atoms with Crippen molar-refractivity contribution >= 4 is 37.4 Å². The van der Waals surface area contributed by atoms with Gasteiger partial charge in [0.15, 0.2) is 0 Å². The number of carbonyl (C=O) groups excluding carboxylic acids is 1. The van der Waals surface area contributed by atoms with E-state index in [9.17, 15) is 9.59 Å². The van der Waals surface area contributed by atoms with Crippen LogP contribution < -0.4 is 10.9 Å². The maximum atomic E-state index is 13.3. The lowest BCUT2D eigenvalue weighted by molar-refractivity contribution is -0.124. The maximum Gasteiger partial charge on any atom is 0.276 e. The number of thiophene rings is 1. The van der Waals surface area contributed by atoms with Gasteiger partial charge in [0, 0.05) is 23.2 Å². The molecule has 28 heavy (non-hydrogen) atoms. The number of likely N-dealkylation sites (tertiary alicyclic amines) is 1. The fourth-order valence-electron chi connectivity index (χ4n) is 4.02. The molecular formula is C21H26N4O2S. The van der Waals surface area contributed by atoms with Crippen molar-refractivity contribution in [2.45, 2.75) is 39.2 Å². The smallest absolute Gasteiger partial charge is 0.276 e. The molecule has 1 aromatic carbocycles. The van der Waals surface area contributed by atoms with Crippen LogP contribution >= 0.6 is 11.3 Å². The fraction of sp³-hybridized carbons (Fsp3) is 0.476. The molecule has 0 spiro atoms. The van der Waals surface area contributed by atoms with Crippen LogP contribution in [-0.4, -0.2) is 46.8 Å². The summed E-state index contributed by atoms with van der Waals surface area (Å²) >= 11 is 1.58. The second-order valence-corrected chi connectivity index (χ2v) is 8.45. The average Bonchev–Trinajstić information content (AvgIpc) is 3.34. The van der Waals surface area contributed by atoms with Gasteiger partial charge in [0.1, 0.15) is 6.04 Å². The molecule has 0 radical (unpaired) electrons. The van der Waals surface area contributed by atoms with Crippen molar-refractivity contribution in [2.75, 3.05) is 26.2 Å². The standard InChI is InChI=1S/C21H26N4O2S/c1-3-16(20(26)22-10-13-24-11-6-7-12-24)25-21(27)18-15-8-4-5-9-17(15)28-19(18)14(2)23-25/h4-5,8-9,16H,3,6-7,10-13H2,1-2H3,(H,22,26). The second-order valence-electron chi connectivity index (χ2n) is 7.40. The molecule has 1 aliphatic rings. The molecule has 2 aromatic heterocycles. The van der Waals surface area contributed by atoms with Gasteiger partial charge in [-0.15, -0.1) is 11.3 Å². The number of amides is 1. The van der Waals surface area contributed by atoms with Gasteiger partial charge in [0.2, 0.25) is 5.91 Å². The second kappa shape index (κ2) is 8.01. The predicted octanol–water partition coefficient (Wildman–Crippen LogP) is 3.08. The molecular weight excluding hydrogens is 372 g/mol. The van der Waals surface area contributed by atoms with Gasteiger partial charge in [-0.25, -0.2) is 4.68 Å². The van der Waals surface area contributed by atoms with Crippen LogP contribution in [0.2, 0.25) is 0 Å². The highest BCUT2D eigenvalue weighted by atomic mass is 32.1. The summed E-state index contributed by atoms with van der Waals surface area (Å²) in [5.41, 5.74) is 0.610. The average molecular weight is 399 g/mol. The third kappa shape index (κ3) is 3.44. The van der Waals surface area contributed by atoms with Gasteiger partial charge < -0.3 is 10.2 Å². The molecule has 1 saturated heterocycles. The van der Waals surface area contributed by atoms with Gasteiger partial charge in [-0.1, -0.05) is 25.1 Å². The van der Waals surface area contributed by atoms with E-state index in [0.717, 1.165) is 40.1 Å². The largest absolute Gasteiger partial charge is 0.353 e. The van der Waals surface area contributed by atoms with Crippen molar-refractivity contribution < 1.29 is 4.79 Å². The lowest BCUT2D eigenvalue weighted by Gasteiger charge is -2.19. The molecule has 7 heteroatoms.